The Labute approximate surface area is 323 Å². The van der Waals surface area contributed by atoms with Crippen LogP contribution in [-0.2, 0) is 21.7 Å². The minimum Gasteiger partial charge on any atom is -0.255 e. The molecule has 1 saturated carbocycles. The Balaban J connectivity index is 1.03. The minimum atomic E-state index is -0.132. The molecule has 0 aliphatic heterocycles. The van der Waals surface area contributed by atoms with Crippen molar-refractivity contribution in [2.75, 3.05) is 0 Å². The summed E-state index contributed by atoms with van der Waals surface area (Å²) in [5.41, 5.74) is 18.8. The Kier molecular flexibility index (Phi) is 6.50. The maximum Gasteiger partial charge on any atom is 0.165 e. The number of benzene rings is 5. The molecule has 55 heavy (non-hydrogen) atoms. The molecule has 4 aliphatic carbocycles. The fraction of sp³-hybridized carbons (Fsp3) is 0.255. The van der Waals surface area contributed by atoms with Crippen molar-refractivity contribution in [3.63, 3.8) is 0 Å². The number of hydrogen-bond donors (Lipinski definition) is 0. The van der Waals surface area contributed by atoms with Gasteiger partial charge in [0.05, 0.1) is 5.69 Å². The predicted octanol–water partition coefficient (Wildman–Crippen LogP) is 12.3. The number of hydrogen-bond acceptors (Lipinski definition) is 4. The molecular formula is C51H44N4. The zero-order valence-electron chi connectivity index (χ0n) is 32.5. The van der Waals surface area contributed by atoms with Gasteiger partial charge in [0.1, 0.15) is 0 Å². The van der Waals surface area contributed by atoms with Gasteiger partial charge >= 0.3 is 0 Å². The molecule has 0 spiro atoms. The van der Waals surface area contributed by atoms with Crippen LogP contribution in [0.4, 0.5) is 0 Å². The van der Waals surface area contributed by atoms with Crippen LogP contribution in [0.25, 0.3) is 67.7 Å². The van der Waals surface area contributed by atoms with E-state index in [4.69, 9.17) is 19.9 Å². The molecule has 0 N–H and O–H groups in total. The van der Waals surface area contributed by atoms with Gasteiger partial charge in [0.25, 0.3) is 0 Å². The fourth-order valence-corrected chi connectivity index (χ4v) is 10.9. The monoisotopic (exact) mass is 712 g/mol. The standard InChI is InChI=1S/C51H44N4/c1-48(2)38-13-9-7-11-34(38)36-19-15-31(26-41(36)48)45-53-46(32-16-20-37-35-12-8-10-14-39(35)49(3,4)42(37)27-32)55-47(54-45)33-18-22-44(52-28-33)30-17-21-40-43(25-30)51(6)24-23-50(40,5)29-51/h7-22,25-28H,23-24,29H2,1-6H3. The first-order valence-corrected chi connectivity index (χ1v) is 19.8. The van der Waals surface area contributed by atoms with Gasteiger partial charge in [-0.3, -0.25) is 4.98 Å². The second-order valence-corrected chi connectivity index (χ2v) is 18.2. The Morgan fingerprint density at radius 3 is 1.40 bits per heavy atom. The maximum absolute atomic E-state index is 5.23. The van der Waals surface area contributed by atoms with Crippen LogP contribution in [0.5, 0.6) is 0 Å². The van der Waals surface area contributed by atoms with Crippen LogP contribution in [0.15, 0.2) is 121 Å². The van der Waals surface area contributed by atoms with E-state index >= 15 is 0 Å². The second kappa shape index (κ2) is 10.9. The molecule has 2 bridgehead atoms. The average molecular weight is 713 g/mol. The normalized spacial score (nSPS) is 21.5. The van der Waals surface area contributed by atoms with Crippen LogP contribution in [0, 0.1) is 0 Å². The molecule has 7 aromatic rings. The lowest BCUT2D eigenvalue weighted by atomic mass is 9.77. The number of nitrogens with zero attached hydrogens (tertiary/aromatic N) is 4. The van der Waals surface area contributed by atoms with Gasteiger partial charge in [-0.2, -0.15) is 0 Å². The average Bonchev–Trinajstić information content (AvgIpc) is 3.82. The Morgan fingerprint density at radius 1 is 0.400 bits per heavy atom. The molecule has 2 atom stereocenters. The molecule has 5 aromatic carbocycles. The second-order valence-electron chi connectivity index (χ2n) is 18.2. The summed E-state index contributed by atoms with van der Waals surface area (Å²) in [7, 11) is 0. The largest absolute Gasteiger partial charge is 0.255 e. The number of rotatable bonds is 4. The van der Waals surface area contributed by atoms with E-state index in [1.54, 1.807) is 0 Å². The molecule has 2 heterocycles. The molecule has 0 amide bonds. The first-order valence-electron chi connectivity index (χ1n) is 19.8. The molecule has 4 heteroatoms. The van der Waals surface area contributed by atoms with Crippen LogP contribution in [0.1, 0.15) is 94.2 Å². The number of fused-ring (bicyclic) bond motifs is 11. The van der Waals surface area contributed by atoms with Gasteiger partial charge in [0.2, 0.25) is 0 Å². The van der Waals surface area contributed by atoms with E-state index in [2.05, 4.69) is 157 Å². The summed E-state index contributed by atoms with van der Waals surface area (Å²) in [5.74, 6) is 1.95. The zero-order valence-corrected chi connectivity index (χ0v) is 32.5. The van der Waals surface area contributed by atoms with Crippen molar-refractivity contribution in [2.45, 2.75) is 82.5 Å². The number of pyridine rings is 1. The molecular weight excluding hydrogens is 669 g/mol. The van der Waals surface area contributed by atoms with Crippen LogP contribution in [0.3, 0.4) is 0 Å². The smallest absolute Gasteiger partial charge is 0.165 e. The summed E-state index contributed by atoms with van der Waals surface area (Å²) in [4.78, 5) is 20.6. The lowest BCUT2D eigenvalue weighted by Crippen LogP contribution is -2.17. The summed E-state index contributed by atoms with van der Waals surface area (Å²) >= 11 is 0. The van der Waals surface area contributed by atoms with Gasteiger partial charge in [-0.25, -0.2) is 15.0 Å². The third kappa shape index (κ3) is 4.57. The highest BCUT2D eigenvalue weighted by molar-refractivity contribution is 5.85. The topological polar surface area (TPSA) is 51.6 Å². The highest BCUT2D eigenvalue weighted by atomic mass is 15.0. The summed E-state index contributed by atoms with van der Waals surface area (Å²) < 4.78 is 0. The lowest BCUT2D eigenvalue weighted by molar-refractivity contribution is 0.484. The number of aromatic nitrogens is 4. The van der Waals surface area contributed by atoms with E-state index in [0.717, 1.165) is 22.4 Å². The van der Waals surface area contributed by atoms with Crippen molar-refractivity contribution < 1.29 is 0 Å². The van der Waals surface area contributed by atoms with E-state index in [-0.39, 0.29) is 16.2 Å². The SMILES string of the molecule is CC12CCC(C)(C1)c1cc(-c3ccc(-c4nc(-c5ccc6c(c5)C(C)(C)c5ccccc5-6)nc(-c5ccc6c(c5)C(C)(C)c5ccccc5-6)n4)cn3)ccc12. The van der Waals surface area contributed by atoms with Gasteiger partial charge < -0.3 is 0 Å². The molecule has 2 unspecified atom stereocenters. The Morgan fingerprint density at radius 2 is 0.855 bits per heavy atom. The van der Waals surface area contributed by atoms with Crippen molar-refractivity contribution in [1.29, 1.82) is 0 Å². The molecule has 268 valence electrons. The van der Waals surface area contributed by atoms with Crippen LogP contribution < -0.4 is 0 Å². The van der Waals surface area contributed by atoms with Crippen LogP contribution in [0.2, 0.25) is 0 Å². The van der Waals surface area contributed by atoms with E-state index in [1.165, 1.54) is 80.5 Å². The maximum atomic E-state index is 5.23. The molecule has 4 nitrogen and oxygen atoms in total. The fourth-order valence-electron chi connectivity index (χ4n) is 10.9. The van der Waals surface area contributed by atoms with Gasteiger partial charge in [-0.15, -0.1) is 0 Å². The first kappa shape index (κ1) is 32.7. The summed E-state index contributed by atoms with van der Waals surface area (Å²) in [6.45, 7) is 14.1. The molecule has 11 rings (SSSR count). The van der Waals surface area contributed by atoms with Crippen LogP contribution >= 0.6 is 0 Å². The first-order chi connectivity index (χ1) is 26.4. The van der Waals surface area contributed by atoms with E-state index in [1.807, 2.05) is 6.20 Å². The van der Waals surface area contributed by atoms with Gasteiger partial charge in [-0.05, 0) is 116 Å². The summed E-state index contributed by atoms with van der Waals surface area (Å²) in [5, 5.41) is 0. The summed E-state index contributed by atoms with van der Waals surface area (Å²) in [6.07, 6.45) is 5.73. The van der Waals surface area contributed by atoms with Gasteiger partial charge in [0.15, 0.2) is 17.5 Å². The minimum absolute atomic E-state index is 0.132. The third-order valence-electron chi connectivity index (χ3n) is 14.0. The molecule has 0 radical (unpaired) electrons. The van der Waals surface area contributed by atoms with E-state index in [0.29, 0.717) is 22.9 Å². The lowest BCUT2D eigenvalue weighted by Gasteiger charge is -2.27. The quantitative estimate of drug-likeness (QED) is 0.182. The van der Waals surface area contributed by atoms with Gasteiger partial charge in [-0.1, -0.05) is 126 Å². The Hall–Kier alpha value is -5.74. The van der Waals surface area contributed by atoms with Crippen molar-refractivity contribution in [1.82, 2.24) is 19.9 Å². The third-order valence-corrected chi connectivity index (χ3v) is 14.0. The van der Waals surface area contributed by atoms with Crippen molar-refractivity contribution in [2.24, 2.45) is 0 Å². The zero-order chi connectivity index (χ0) is 37.5. The highest BCUT2D eigenvalue weighted by Gasteiger charge is 2.52. The highest BCUT2D eigenvalue weighted by Crippen LogP contribution is 2.61. The van der Waals surface area contributed by atoms with E-state index < -0.39 is 0 Å². The summed E-state index contributed by atoms with van der Waals surface area (Å²) in [6, 6.07) is 42.2. The Bertz CT molecular complexity index is 2650. The van der Waals surface area contributed by atoms with Gasteiger partial charge in [0, 0.05) is 39.3 Å². The van der Waals surface area contributed by atoms with Crippen molar-refractivity contribution in [3.8, 4) is 67.7 Å². The van der Waals surface area contributed by atoms with Crippen molar-refractivity contribution in [3.05, 3.63) is 155 Å². The molecule has 1 fully saturated rings. The molecule has 2 aromatic heterocycles. The van der Waals surface area contributed by atoms with Crippen LogP contribution in [-0.4, -0.2) is 19.9 Å². The molecule has 0 saturated heterocycles. The predicted molar refractivity (Wildman–Crippen MR) is 223 cm³/mol. The molecule has 4 aliphatic rings. The van der Waals surface area contributed by atoms with E-state index in [9.17, 15) is 0 Å². The van der Waals surface area contributed by atoms with Crippen molar-refractivity contribution >= 4 is 0 Å².